The molecule has 0 aliphatic carbocycles. The average molecular weight is 359 g/mol. The van der Waals surface area contributed by atoms with E-state index in [9.17, 15) is 4.79 Å². The average Bonchev–Trinajstić information content (AvgIpc) is 3.09. The third-order valence-electron chi connectivity index (χ3n) is 4.06. The molecule has 1 fully saturated rings. The summed E-state index contributed by atoms with van der Waals surface area (Å²) in [5, 5.41) is 6.95. The van der Waals surface area contributed by atoms with E-state index in [0.717, 1.165) is 18.4 Å². The summed E-state index contributed by atoms with van der Waals surface area (Å²) in [5.41, 5.74) is 0.628. The second kappa shape index (κ2) is 7.82. The monoisotopic (exact) mass is 359 g/mol. The van der Waals surface area contributed by atoms with Crippen LogP contribution in [0.1, 0.15) is 39.5 Å². The predicted molar refractivity (Wildman–Crippen MR) is 95.2 cm³/mol. The number of likely N-dealkylation sites (tertiary alicyclic amines) is 1. The molecule has 1 aliphatic rings. The molecule has 3 rings (SSSR count). The number of aromatic nitrogens is 3. The Kier molecular flexibility index (Phi) is 5.51. The van der Waals surface area contributed by atoms with Gasteiger partial charge in [-0.3, -0.25) is 4.98 Å². The first-order chi connectivity index (χ1) is 12.4. The summed E-state index contributed by atoms with van der Waals surface area (Å²) in [6.07, 6.45) is 5.05. The summed E-state index contributed by atoms with van der Waals surface area (Å²) < 4.78 is 11.1. The molecule has 8 heteroatoms. The van der Waals surface area contributed by atoms with E-state index in [4.69, 9.17) is 9.26 Å². The fraction of sp³-hybridized carbons (Fsp3) is 0.556. The first-order valence-corrected chi connectivity index (χ1v) is 8.82. The maximum Gasteiger partial charge on any atom is 0.317 e. The second-order valence-corrected chi connectivity index (χ2v) is 7.43. The Morgan fingerprint density at radius 1 is 1.31 bits per heavy atom. The van der Waals surface area contributed by atoms with Gasteiger partial charge in [0, 0.05) is 36.6 Å². The molecule has 1 saturated heterocycles. The molecule has 0 atom stereocenters. The van der Waals surface area contributed by atoms with Gasteiger partial charge in [-0.1, -0.05) is 5.16 Å². The van der Waals surface area contributed by atoms with E-state index in [2.05, 4.69) is 20.4 Å². The second-order valence-electron chi connectivity index (χ2n) is 7.43. The van der Waals surface area contributed by atoms with Crippen LogP contribution in [0, 0.1) is 0 Å². The predicted octanol–water partition coefficient (Wildman–Crippen LogP) is 2.62. The lowest BCUT2D eigenvalue weighted by Crippen LogP contribution is -2.51. The van der Waals surface area contributed by atoms with Gasteiger partial charge in [0.15, 0.2) is 0 Å². The largest absolute Gasteiger partial charge is 0.368 e. The molecule has 2 amide bonds. The van der Waals surface area contributed by atoms with Crippen molar-refractivity contribution in [2.75, 3.05) is 13.1 Å². The molecule has 0 unspecified atom stereocenters. The standard InChI is InChI=1S/C18H25N5O3/c1-18(2,3)21-17(24)23-10-6-14(7-11-23)25-12-15-20-16(22-26-15)13-4-8-19-9-5-13/h4-5,8-9,14H,6-7,10-12H2,1-3H3,(H,21,24). The van der Waals surface area contributed by atoms with Crippen molar-refractivity contribution in [3.8, 4) is 11.4 Å². The first-order valence-electron chi connectivity index (χ1n) is 8.82. The lowest BCUT2D eigenvalue weighted by Gasteiger charge is -2.34. The minimum Gasteiger partial charge on any atom is -0.368 e. The van der Waals surface area contributed by atoms with Crippen molar-refractivity contribution in [3.63, 3.8) is 0 Å². The lowest BCUT2D eigenvalue weighted by molar-refractivity contribution is -0.00641. The molecule has 2 aromatic rings. The summed E-state index contributed by atoms with van der Waals surface area (Å²) in [5.74, 6) is 0.976. The third kappa shape index (κ3) is 5.01. The number of ether oxygens (including phenoxy) is 1. The molecule has 0 bridgehead atoms. The molecule has 3 heterocycles. The number of urea groups is 1. The van der Waals surface area contributed by atoms with Crippen LogP contribution in [0.2, 0.25) is 0 Å². The molecule has 0 aromatic carbocycles. The van der Waals surface area contributed by atoms with Crippen LogP contribution in [0.5, 0.6) is 0 Å². The number of carbonyl (C=O) groups is 1. The third-order valence-corrected chi connectivity index (χ3v) is 4.06. The molecule has 1 aliphatic heterocycles. The van der Waals surface area contributed by atoms with Crippen LogP contribution in [-0.4, -0.2) is 50.8 Å². The SMILES string of the molecule is CC(C)(C)NC(=O)N1CCC(OCc2nc(-c3ccncc3)no2)CC1. The van der Waals surface area contributed by atoms with Crippen molar-refractivity contribution < 1.29 is 14.1 Å². The highest BCUT2D eigenvalue weighted by Gasteiger charge is 2.26. The fourth-order valence-electron chi connectivity index (χ4n) is 2.75. The number of amides is 2. The normalized spacial score (nSPS) is 15.9. The zero-order valence-corrected chi connectivity index (χ0v) is 15.4. The number of piperidine rings is 1. The van der Waals surface area contributed by atoms with E-state index in [-0.39, 0.29) is 24.3 Å². The molecule has 0 saturated carbocycles. The zero-order valence-electron chi connectivity index (χ0n) is 15.4. The Bertz CT molecular complexity index is 718. The van der Waals surface area contributed by atoms with E-state index in [1.54, 1.807) is 12.4 Å². The minimum absolute atomic E-state index is 0.0187. The van der Waals surface area contributed by atoms with Gasteiger partial charge in [0.2, 0.25) is 5.82 Å². The van der Waals surface area contributed by atoms with Crippen molar-refractivity contribution >= 4 is 6.03 Å². The van der Waals surface area contributed by atoms with E-state index >= 15 is 0 Å². The lowest BCUT2D eigenvalue weighted by atomic mass is 10.1. The fourth-order valence-corrected chi connectivity index (χ4v) is 2.75. The van der Waals surface area contributed by atoms with Gasteiger partial charge in [-0.05, 0) is 45.7 Å². The number of pyridine rings is 1. The van der Waals surface area contributed by atoms with Gasteiger partial charge >= 0.3 is 6.03 Å². The smallest absolute Gasteiger partial charge is 0.317 e. The van der Waals surface area contributed by atoms with Crippen LogP contribution >= 0.6 is 0 Å². The van der Waals surface area contributed by atoms with Crippen LogP contribution in [0.3, 0.4) is 0 Å². The zero-order chi connectivity index (χ0) is 18.6. The number of carbonyl (C=O) groups excluding carboxylic acids is 1. The van der Waals surface area contributed by atoms with Crippen LogP contribution in [0.4, 0.5) is 4.79 Å². The van der Waals surface area contributed by atoms with Gasteiger partial charge in [-0.15, -0.1) is 0 Å². The van der Waals surface area contributed by atoms with E-state index in [0.29, 0.717) is 24.8 Å². The van der Waals surface area contributed by atoms with Gasteiger partial charge in [-0.25, -0.2) is 4.79 Å². The van der Waals surface area contributed by atoms with Crippen molar-refractivity contribution in [3.05, 3.63) is 30.4 Å². The van der Waals surface area contributed by atoms with E-state index < -0.39 is 0 Å². The Balaban J connectivity index is 1.44. The van der Waals surface area contributed by atoms with Crippen LogP contribution in [0.25, 0.3) is 11.4 Å². The number of nitrogens with one attached hydrogen (secondary N) is 1. The maximum absolute atomic E-state index is 12.2. The number of hydrogen-bond donors (Lipinski definition) is 1. The van der Waals surface area contributed by atoms with E-state index in [1.807, 2.05) is 37.8 Å². The first kappa shape index (κ1) is 18.3. The Hall–Kier alpha value is -2.48. The van der Waals surface area contributed by atoms with Crippen molar-refractivity contribution in [2.24, 2.45) is 0 Å². The minimum atomic E-state index is -0.227. The van der Waals surface area contributed by atoms with Crippen molar-refractivity contribution in [1.29, 1.82) is 0 Å². The van der Waals surface area contributed by atoms with Crippen molar-refractivity contribution in [2.45, 2.75) is 51.9 Å². The van der Waals surface area contributed by atoms with Gasteiger partial charge in [0.25, 0.3) is 5.89 Å². The molecule has 1 N–H and O–H groups in total. The molecule has 2 aromatic heterocycles. The molecule has 140 valence electrons. The molecule has 26 heavy (non-hydrogen) atoms. The highest BCUT2D eigenvalue weighted by Crippen LogP contribution is 2.18. The summed E-state index contributed by atoms with van der Waals surface area (Å²) >= 11 is 0. The summed E-state index contributed by atoms with van der Waals surface area (Å²) in [4.78, 5) is 22.3. The highest BCUT2D eigenvalue weighted by atomic mass is 16.5. The Morgan fingerprint density at radius 2 is 2.00 bits per heavy atom. The molecule has 0 spiro atoms. The Morgan fingerprint density at radius 3 is 2.65 bits per heavy atom. The quantitative estimate of drug-likeness (QED) is 0.902. The molecule has 8 nitrogen and oxygen atoms in total. The van der Waals surface area contributed by atoms with Gasteiger partial charge in [0.05, 0.1) is 6.10 Å². The molecular weight excluding hydrogens is 334 g/mol. The summed E-state index contributed by atoms with van der Waals surface area (Å²) in [7, 11) is 0. The number of hydrogen-bond acceptors (Lipinski definition) is 6. The topological polar surface area (TPSA) is 93.4 Å². The highest BCUT2D eigenvalue weighted by molar-refractivity contribution is 5.75. The van der Waals surface area contributed by atoms with Gasteiger partial charge in [0.1, 0.15) is 6.61 Å². The van der Waals surface area contributed by atoms with Crippen LogP contribution in [0.15, 0.2) is 29.0 Å². The van der Waals surface area contributed by atoms with E-state index in [1.165, 1.54) is 0 Å². The summed E-state index contributed by atoms with van der Waals surface area (Å²) in [6.45, 7) is 7.57. The van der Waals surface area contributed by atoms with Gasteiger partial charge in [-0.2, -0.15) is 4.98 Å². The van der Waals surface area contributed by atoms with Crippen LogP contribution in [-0.2, 0) is 11.3 Å². The van der Waals surface area contributed by atoms with Crippen molar-refractivity contribution in [1.82, 2.24) is 25.3 Å². The number of rotatable bonds is 4. The Labute approximate surface area is 152 Å². The molecular formula is C18H25N5O3. The van der Waals surface area contributed by atoms with Gasteiger partial charge < -0.3 is 19.5 Å². The maximum atomic E-state index is 12.2. The number of nitrogens with zero attached hydrogens (tertiary/aromatic N) is 4. The van der Waals surface area contributed by atoms with Crippen LogP contribution < -0.4 is 5.32 Å². The summed E-state index contributed by atoms with van der Waals surface area (Å²) in [6, 6.07) is 3.64. The molecule has 0 radical (unpaired) electrons.